The van der Waals surface area contributed by atoms with Gasteiger partial charge in [-0.1, -0.05) is 11.3 Å². The zero-order chi connectivity index (χ0) is 8.72. The summed E-state index contributed by atoms with van der Waals surface area (Å²) in [4.78, 5) is 0. The second kappa shape index (κ2) is 2.35. The van der Waals surface area contributed by atoms with Gasteiger partial charge in [0.05, 0.1) is 4.70 Å². The summed E-state index contributed by atoms with van der Waals surface area (Å²) in [7, 11) is 0. The van der Waals surface area contributed by atoms with Crippen molar-refractivity contribution in [2.45, 2.75) is 0 Å². The van der Waals surface area contributed by atoms with Gasteiger partial charge in [-0.2, -0.15) is 0 Å². The van der Waals surface area contributed by atoms with Crippen LogP contribution in [0.2, 0.25) is 0 Å². The second-order valence-corrected chi connectivity index (χ2v) is 3.46. The third-order valence-electron chi connectivity index (χ3n) is 1.54. The van der Waals surface area contributed by atoms with Crippen molar-refractivity contribution in [1.82, 2.24) is 0 Å². The molecule has 2 nitrogen and oxygen atoms in total. The third-order valence-corrected chi connectivity index (χ3v) is 2.50. The molecule has 2 rings (SSSR count). The number of phenolic OH excluding ortho intramolecular Hbond substituents is 1. The highest BCUT2D eigenvalue weighted by Gasteiger charge is 2.06. The van der Waals surface area contributed by atoms with Crippen LogP contribution in [0.3, 0.4) is 0 Å². The number of halogens is 1. The maximum Gasteiger partial charge on any atom is 0.172 e. The zero-order valence-electron chi connectivity index (χ0n) is 5.91. The summed E-state index contributed by atoms with van der Waals surface area (Å²) < 4.78 is 13.4. The summed E-state index contributed by atoms with van der Waals surface area (Å²) in [6.45, 7) is 0. The van der Waals surface area contributed by atoms with Gasteiger partial charge < -0.3 is 10.2 Å². The van der Waals surface area contributed by atoms with Crippen LogP contribution in [0.15, 0.2) is 18.2 Å². The van der Waals surface area contributed by atoms with Crippen molar-refractivity contribution in [3.05, 3.63) is 24.0 Å². The molecule has 0 saturated carbocycles. The van der Waals surface area contributed by atoms with Crippen LogP contribution in [-0.2, 0) is 0 Å². The number of hydrogen-bond donors (Lipinski definition) is 2. The van der Waals surface area contributed by atoms with E-state index >= 15 is 0 Å². The summed E-state index contributed by atoms with van der Waals surface area (Å²) in [5, 5.41) is 18.6. The SMILES string of the molecule is Oc1cc(F)c2sc(O)cc2c1. The van der Waals surface area contributed by atoms with Gasteiger partial charge in [-0.05, 0) is 12.1 Å². The largest absolute Gasteiger partial charge is 0.508 e. The zero-order valence-corrected chi connectivity index (χ0v) is 6.73. The number of rotatable bonds is 0. The first-order valence-electron chi connectivity index (χ1n) is 3.28. The highest BCUT2D eigenvalue weighted by atomic mass is 32.1. The first kappa shape index (κ1) is 7.36. The van der Waals surface area contributed by atoms with E-state index in [2.05, 4.69) is 0 Å². The molecule has 0 atom stereocenters. The Labute approximate surface area is 71.5 Å². The van der Waals surface area contributed by atoms with Crippen molar-refractivity contribution < 1.29 is 14.6 Å². The highest BCUT2D eigenvalue weighted by molar-refractivity contribution is 7.20. The van der Waals surface area contributed by atoms with Gasteiger partial charge >= 0.3 is 0 Å². The van der Waals surface area contributed by atoms with Crippen molar-refractivity contribution in [1.29, 1.82) is 0 Å². The highest BCUT2D eigenvalue weighted by Crippen LogP contribution is 2.34. The van der Waals surface area contributed by atoms with Gasteiger partial charge in [0.1, 0.15) is 11.6 Å². The van der Waals surface area contributed by atoms with Gasteiger partial charge in [0, 0.05) is 11.5 Å². The van der Waals surface area contributed by atoms with Gasteiger partial charge in [-0.3, -0.25) is 0 Å². The second-order valence-electron chi connectivity index (χ2n) is 2.43. The number of aromatic hydroxyl groups is 2. The number of hydrogen-bond acceptors (Lipinski definition) is 3. The van der Waals surface area contributed by atoms with Crippen LogP contribution >= 0.6 is 11.3 Å². The normalized spacial score (nSPS) is 10.8. The Morgan fingerprint density at radius 3 is 2.67 bits per heavy atom. The number of benzene rings is 1. The monoisotopic (exact) mass is 184 g/mol. The van der Waals surface area contributed by atoms with Gasteiger partial charge in [0.15, 0.2) is 5.06 Å². The van der Waals surface area contributed by atoms with Gasteiger partial charge in [0.25, 0.3) is 0 Å². The lowest BCUT2D eigenvalue weighted by molar-refractivity contribution is 0.471. The topological polar surface area (TPSA) is 40.5 Å². The summed E-state index contributed by atoms with van der Waals surface area (Å²) in [6.07, 6.45) is 0. The molecule has 0 aliphatic heterocycles. The summed E-state index contributed by atoms with van der Waals surface area (Å²) in [5.41, 5.74) is 0. The molecule has 0 bridgehead atoms. The molecule has 62 valence electrons. The Hall–Kier alpha value is -1.29. The quantitative estimate of drug-likeness (QED) is 0.660. The molecule has 2 aromatic rings. The lowest BCUT2D eigenvalue weighted by Gasteiger charge is -1.92. The van der Waals surface area contributed by atoms with Crippen molar-refractivity contribution in [3.63, 3.8) is 0 Å². The van der Waals surface area contributed by atoms with E-state index in [1.807, 2.05) is 0 Å². The molecule has 1 aromatic heterocycles. The average molecular weight is 184 g/mol. The first-order valence-corrected chi connectivity index (χ1v) is 4.09. The molecule has 0 unspecified atom stereocenters. The van der Waals surface area contributed by atoms with Crippen LogP contribution in [-0.4, -0.2) is 10.2 Å². The molecule has 4 heteroatoms. The fourth-order valence-electron chi connectivity index (χ4n) is 1.08. The van der Waals surface area contributed by atoms with Gasteiger partial charge in [0.2, 0.25) is 0 Å². The van der Waals surface area contributed by atoms with Crippen LogP contribution in [0.4, 0.5) is 4.39 Å². The molecule has 0 aliphatic carbocycles. The molecule has 0 fully saturated rings. The fourth-order valence-corrected chi connectivity index (χ4v) is 1.87. The number of phenols is 1. The van der Waals surface area contributed by atoms with E-state index in [0.717, 1.165) is 17.4 Å². The lowest BCUT2D eigenvalue weighted by atomic mass is 10.2. The molecule has 0 aliphatic rings. The first-order chi connectivity index (χ1) is 5.66. The third kappa shape index (κ3) is 1.00. The van der Waals surface area contributed by atoms with Crippen molar-refractivity contribution >= 4 is 21.4 Å². The standard InChI is InChI=1S/C8H5FO2S/c9-6-3-5(10)1-4-2-7(11)12-8(4)6/h1-3,10-11H. The Morgan fingerprint density at radius 1 is 1.17 bits per heavy atom. The van der Waals surface area contributed by atoms with Crippen LogP contribution < -0.4 is 0 Å². The Bertz CT molecular complexity index is 436. The maximum atomic E-state index is 13.0. The molecule has 0 saturated heterocycles. The minimum atomic E-state index is -0.504. The Kier molecular flexibility index (Phi) is 1.44. The minimum absolute atomic E-state index is 0.0505. The smallest absolute Gasteiger partial charge is 0.172 e. The van der Waals surface area contributed by atoms with Crippen LogP contribution in [0.1, 0.15) is 0 Å². The van der Waals surface area contributed by atoms with E-state index in [4.69, 9.17) is 10.2 Å². The van der Waals surface area contributed by atoms with E-state index in [-0.39, 0.29) is 10.8 Å². The van der Waals surface area contributed by atoms with E-state index in [1.165, 1.54) is 12.1 Å². The van der Waals surface area contributed by atoms with Crippen molar-refractivity contribution in [3.8, 4) is 10.8 Å². The molecule has 1 heterocycles. The summed E-state index contributed by atoms with van der Waals surface area (Å²) >= 11 is 0.957. The maximum absolute atomic E-state index is 13.0. The molecule has 1 aromatic carbocycles. The average Bonchev–Trinajstić information content (AvgIpc) is 2.29. The predicted octanol–water partition coefficient (Wildman–Crippen LogP) is 2.45. The minimum Gasteiger partial charge on any atom is -0.508 e. The number of thiophene rings is 1. The van der Waals surface area contributed by atoms with E-state index in [0.29, 0.717) is 10.1 Å². The van der Waals surface area contributed by atoms with Gasteiger partial charge in [-0.25, -0.2) is 4.39 Å². The van der Waals surface area contributed by atoms with Crippen molar-refractivity contribution in [2.24, 2.45) is 0 Å². The van der Waals surface area contributed by atoms with Crippen molar-refractivity contribution in [2.75, 3.05) is 0 Å². The van der Waals surface area contributed by atoms with Crippen LogP contribution in [0.5, 0.6) is 10.8 Å². The van der Waals surface area contributed by atoms with Crippen LogP contribution in [0.25, 0.3) is 10.1 Å². The summed E-state index contributed by atoms with van der Waals surface area (Å²) in [5.74, 6) is -0.631. The molecule has 12 heavy (non-hydrogen) atoms. The Morgan fingerprint density at radius 2 is 1.92 bits per heavy atom. The van der Waals surface area contributed by atoms with E-state index < -0.39 is 5.82 Å². The van der Waals surface area contributed by atoms with E-state index in [1.54, 1.807) is 0 Å². The molecule has 0 spiro atoms. The molecule has 2 N–H and O–H groups in total. The van der Waals surface area contributed by atoms with Gasteiger partial charge in [-0.15, -0.1) is 0 Å². The molecule has 0 amide bonds. The predicted molar refractivity (Wildman–Crippen MR) is 45.1 cm³/mol. The molecular weight excluding hydrogens is 179 g/mol. The Balaban J connectivity index is 2.88. The summed E-state index contributed by atoms with van der Waals surface area (Å²) in [6, 6.07) is 3.86. The van der Waals surface area contributed by atoms with E-state index in [9.17, 15) is 4.39 Å². The van der Waals surface area contributed by atoms with Crippen LogP contribution in [0, 0.1) is 5.82 Å². The molecule has 0 radical (unpaired) electrons. The lowest BCUT2D eigenvalue weighted by Crippen LogP contribution is -1.72. The fraction of sp³-hybridized carbons (Fsp3) is 0. The molecular formula is C8H5FO2S. The number of fused-ring (bicyclic) bond motifs is 1.